The van der Waals surface area contributed by atoms with Crippen LogP contribution >= 0.6 is 22.7 Å². The van der Waals surface area contributed by atoms with E-state index in [-0.39, 0.29) is 0 Å². The minimum absolute atomic E-state index is 0.850. The molecule has 4 heterocycles. The van der Waals surface area contributed by atoms with Crippen LogP contribution in [0.5, 0.6) is 0 Å². The summed E-state index contributed by atoms with van der Waals surface area (Å²) in [7, 11) is 0. The van der Waals surface area contributed by atoms with Crippen LogP contribution in [-0.4, -0.2) is 9.97 Å². The van der Waals surface area contributed by atoms with Crippen molar-refractivity contribution in [1.29, 1.82) is 0 Å². The number of fused-ring (bicyclic) bond motifs is 6. The van der Waals surface area contributed by atoms with Crippen molar-refractivity contribution in [3.63, 3.8) is 0 Å². The fourth-order valence-electron chi connectivity index (χ4n) is 7.43. The fraction of sp³-hybridized carbons (Fsp3) is 0. The van der Waals surface area contributed by atoms with Gasteiger partial charge in [-0.3, -0.25) is 9.97 Å². The van der Waals surface area contributed by atoms with Crippen molar-refractivity contribution in [2.45, 2.75) is 0 Å². The average molecular weight is 725 g/mol. The van der Waals surface area contributed by atoms with Gasteiger partial charge in [0.15, 0.2) is 0 Å². The van der Waals surface area contributed by atoms with Gasteiger partial charge in [-0.05, 0) is 127 Å². The quantitative estimate of drug-likeness (QED) is 0.153. The summed E-state index contributed by atoms with van der Waals surface area (Å²) in [6.07, 6.45) is 12.4. The van der Waals surface area contributed by atoms with Crippen molar-refractivity contribution in [2.24, 2.45) is 0 Å². The maximum Gasteiger partial charge on any atom is 0.0892 e. The molecule has 2 nitrogen and oxygen atoms in total. The zero-order chi connectivity index (χ0) is 35.8. The first-order chi connectivity index (χ1) is 26.7. The summed E-state index contributed by atoms with van der Waals surface area (Å²) in [5.74, 6) is 0. The smallest absolute Gasteiger partial charge is 0.0892 e. The highest BCUT2D eigenvalue weighted by Gasteiger charge is 2.12. The lowest BCUT2D eigenvalue weighted by atomic mass is 9.96. The standard InChI is InChI=1S/C50H32N2S2/c1-3-11-39-35(9-1)31-45(43-15-7-5-13-41(39)43)49-23-21-37(53-49)19-17-33-25-27-51-47(29-33)48-30-34(26-28-52-48)18-20-38-22-24-50(54-38)46-32-36-10-2-4-12-40(36)42-14-6-8-16-44(42)46/h1-32H. The van der Waals surface area contributed by atoms with Crippen LogP contribution in [0, 0.1) is 0 Å². The third-order valence-corrected chi connectivity index (χ3v) is 12.2. The molecule has 0 bridgehead atoms. The van der Waals surface area contributed by atoms with E-state index < -0.39 is 0 Å². The van der Waals surface area contributed by atoms with Gasteiger partial charge in [-0.1, -0.05) is 109 Å². The second-order valence-electron chi connectivity index (χ2n) is 13.4. The van der Waals surface area contributed by atoms with Crippen LogP contribution in [0.2, 0.25) is 0 Å². The van der Waals surface area contributed by atoms with Gasteiger partial charge in [0, 0.05) is 43.0 Å². The Morgan fingerprint density at radius 2 is 0.759 bits per heavy atom. The van der Waals surface area contributed by atoms with E-state index in [0.717, 1.165) is 22.5 Å². The second-order valence-corrected chi connectivity index (χ2v) is 15.6. The summed E-state index contributed by atoms with van der Waals surface area (Å²) >= 11 is 3.63. The van der Waals surface area contributed by atoms with E-state index in [9.17, 15) is 0 Å². The number of aromatic nitrogens is 2. The zero-order valence-electron chi connectivity index (χ0n) is 29.2. The van der Waals surface area contributed by atoms with Gasteiger partial charge >= 0.3 is 0 Å². The van der Waals surface area contributed by atoms with Crippen LogP contribution in [-0.2, 0) is 0 Å². The summed E-state index contributed by atoms with van der Waals surface area (Å²) in [5, 5.41) is 10.3. The molecule has 0 N–H and O–H groups in total. The summed E-state index contributed by atoms with van der Waals surface area (Å²) < 4.78 is 0. The molecule has 10 rings (SSSR count). The molecule has 0 unspecified atom stereocenters. The van der Waals surface area contributed by atoms with Gasteiger partial charge in [0.2, 0.25) is 0 Å². The summed E-state index contributed by atoms with van der Waals surface area (Å²) in [6, 6.07) is 56.6. The lowest BCUT2D eigenvalue weighted by molar-refractivity contribution is 1.24. The molecule has 0 aliphatic heterocycles. The third kappa shape index (κ3) is 6.12. The second kappa shape index (κ2) is 13.8. The molecule has 0 amide bonds. The molecule has 0 radical (unpaired) electrons. The molecule has 4 aromatic heterocycles. The van der Waals surface area contributed by atoms with Gasteiger partial charge in [0.1, 0.15) is 0 Å². The Kier molecular flexibility index (Phi) is 8.25. The maximum absolute atomic E-state index is 4.69. The number of rotatable bonds is 7. The summed E-state index contributed by atoms with van der Waals surface area (Å²) in [5.41, 5.74) is 6.42. The number of thiophene rings is 2. The Labute approximate surface area is 321 Å². The van der Waals surface area contributed by atoms with E-state index in [0.29, 0.717) is 0 Å². The summed E-state index contributed by atoms with van der Waals surface area (Å²) in [4.78, 5) is 14.3. The first-order valence-corrected chi connectivity index (χ1v) is 19.7. The number of pyridine rings is 2. The van der Waals surface area contributed by atoms with E-state index in [2.05, 4.69) is 180 Å². The Morgan fingerprint density at radius 1 is 0.352 bits per heavy atom. The normalized spacial score (nSPS) is 11.9. The van der Waals surface area contributed by atoms with E-state index in [1.54, 1.807) is 0 Å². The number of nitrogens with zero attached hydrogens (tertiary/aromatic N) is 2. The van der Waals surface area contributed by atoms with Crippen molar-refractivity contribution < 1.29 is 0 Å². The van der Waals surface area contributed by atoms with Crippen LogP contribution in [0.25, 0.3) is 99.7 Å². The van der Waals surface area contributed by atoms with Crippen molar-refractivity contribution in [3.8, 4) is 32.3 Å². The van der Waals surface area contributed by atoms with Gasteiger partial charge < -0.3 is 0 Å². The first-order valence-electron chi connectivity index (χ1n) is 18.0. The number of hydrogen-bond acceptors (Lipinski definition) is 4. The highest BCUT2D eigenvalue weighted by molar-refractivity contribution is 7.16. The molecule has 0 spiro atoms. The molecule has 54 heavy (non-hydrogen) atoms. The molecule has 254 valence electrons. The van der Waals surface area contributed by atoms with Crippen molar-refractivity contribution in [1.82, 2.24) is 9.97 Å². The minimum Gasteiger partial charge on any atom is -0.255 e. The lowest BCUT2D eigenvalue weighted by Gasteiger charge is -2.09. The van der Waals surface area contributed by atoms with Gasteiger partial charge in [-0.2, -0.15) is 0 Å². The van der Waals surface area contributed by atoms with Gasteiger partial charge in [-0.15, -0.1) is 22.7 Å². The number of benzene rings is 6. The molecule has 0 aliphatic rings. The van der Waals surface area contributed by atoms with Crippen molar-refractivity contribution >= 4 is 90.1 Å². The highest BCUT2D eigenvalue weighted by atomic mass is 32.1. The fourth-order valence-corrected chi connectivity index (χ4v) is 9.31. The molecule has 0 fully saturated rings. The molecule has 4 heteroatoms. The maximum atomic E-state index is 4.69. The molecule has 10 aromatic rings. The Morgan fingerprint density at radius 3 is 1.22 bits per heavy atom. The molecule has 0 saturated carbocycles. The molecule has 6 aromatic carbocycles. The van der Waals surface area contributed by atoms with Crippen LogP contribution in [0.1, 0.15) is 20.9 Å². The van der Waals surface area contributed by atoms with Crippen LogP contribution in [0.3, 0.4) is 0 Å². The highest BCUT2D eigenvalue weighted by Crippen LogP contribution is 2.40. The van der Waals surface area contributed by atoms with Gasteiger partial charge in [0.05, 0.1) is 11.4 Å². The third-order valence-electron chi connectivity index (χ3n) is 10.0. The molecule has 0 saturated heterocycles. The van der Waals surface area contributed by atoms with E-state index in [1.165, 1.54) is 73.7 Å². The largest absolute Gasteiger partial charge is 0.255 e. The zero-order valence-corrected chi connectivity index (χ0v) is 30.8. The van der Waals surface area contributed by atoms with Crippen LogP contribution in [0.4, 0.5) is 0 Å². The Balaban J connectivity index is 0.883. The van der Waals surface area contributed by atoms with E-state index >= 15 is 0 Å². The first kappa shape index (κ1) is 32.2. The van der Waals surface area contributed by atoms with Gasteiger partial charge in [-0.25, -0.2) is 0 Å². The topological polar surface area (TPSA) is 25.8 Å². The summed E-state index contributed by atoms with van der Waals surface area (Å²) in [6.45, 7) is 0. The van der Waals surface area contributed by atoms with Gasteiger partial charge in [0.25, 0.3) is 0 Å². The minimum atomic E-state index is 0.850. The van der Waals surface area contributed by atoms with Crippen LogP contribution < -0.4 is 0 Å². The SMILES string of the molecule is C(=Cc1ccc(-c2cc3ccccc3c3ccccc23)s1)c1ccnc(-c2cc(C=Cc3ccc(-c4cc5ccccc5c5ccccc45)s3)ccn2)c1. The molecule has 0 atom stereocenters. The lowest BCUT2D eigenvalue weighted by Crippen LogP contribution is -1.88. The van der Waals surface area contributed by atoms with E-state index in [4.69, 9.17) is 0 Å². The predicted octanol–water partition coefficient (Wildman–Crippen LogP) is 14.6. The molecular weight excluding hydrogens is 693 g/mol. The predicted molar refractivity (Wildman–Crippen MR) is 235 cm³/mol. The number of hydrogen-bond donors (Lipinski definition) is 0. The average Bonchev–Trinajstić information content (AvgIpc) is 3.92. The van der Waals surface area contributed by atoms with Crippen molar-refractivity contribution in [2.75, 3.05) is 0 Å². The van der Waals surface area contributed by atoms with Crippen LogP contribution in [0.15, 0.2) is 170 Å². The Bertz CT molecular complexity index is 2860. The van der Waals surface area contributed by atoms with E-state index in [1.807, 2.05) is 47.2 Å². The molecule has 0 aliphatic carbocycles. The Hall–Kier alpha value is -6.46. The van der Waals surface area contributed by atoms with Crippen molar-refractivity contribution in [3.05, 3.63) is 191 Å². The monoisotopic (exact) mass is 724 g/mol. The molecular formula is C50H32N2S2.